The van der Waals surface area contributed by atoms with Crippen LogP contribution in [0.15, 0.2) is 0 Å². The lowest BCUT2D eigenvalue weighted by atomic mass is 9.95. The Morgan fingerprint density at radius 1 is 1.83 bits per heavy atom. The quantitative estimate of drug-likeness (QED) is 0.662. The fraction of sp³-hybridized carbons (Fsp3) is 1.00. The van der Waals surface area contributed by atoms with E-state index in [9.17, 15) is 4.21 Å². The molecule has 3 unspecified atom stereocenters. The zero-order valence-corrected chi connectivity index (χ0v) is 7.88. The van der Waals surface area contributed by atoms with Crippen LogP contribution in [0.3, 0.4) is 0 Å². The average molecular weight is 194 g/mol. The molecule has 0 aliphatic carbocycles. The molecule has 0 saturated carbocycles. The van der Waals surface area contributed by atoms with Gasteiger partial charge in [-0.05, 0) is 12.8 Å². The van der Waals surface area contributed by atoms with Crippen LogP contribution in [0.25, 0.3) is 0 Å². The molecule has 1 heterocycles. The number of ether oxygens (including phenoxy) is 1. The highest BCUT2D eigenvalue weighted by atomic mass is 32.2. The third-order valence-electron chi connectivity index (χ3n) is 2.17. The Hall–Kier alpha value is 0.0300. The van der Waals surface area contributed by atoms with Crippen LogP contribution in [-0.2, 0) is 20.3 Å². The molecule has 1 rings (SSSR count). The topological polar surface area (TPSA) is 55.8 Å². The summed E-state index contributed by atoms with van der Waals surface area (Å²) in [6, 6.07) is 0. The molecule has 1 aliphatic rings. The molecule has 1 saturated heterocycles. The highest BCUT2D eigenvalue weighted by molar-refractivity contribution is 7.74. The van der Waals surface area contributed by atoms with Gasteiger partial charge >= 0.3 is 11.4 Å². The molecule has 1 N–H and O–H groups in total. The molecule has 0 bridgehead atoms. The molecule has 4 nitrogen and oxygen atoms in total. The van der Waals surface area contributed by atoms with Gasteiger partial charge < -0.3 is 4.74 Å². The van der Waals surface area contributed by atoms with Crippen molar-refractivity contribution in [2.24, 2.45) is 5.92 Å². The van der Waals surface area contributed by atoms with E-state index in [4.69, 9.17) is 9.29 Å². The van der Waals surface area contributed by atoms with Crippen molar-refractivity contribution >= 4 is 11.4 Å². The Morgan fingerprint density at radius 3 is 2.83 bits per heavy atom. The smallest absolute Gasteiger partial charge is 0.301 e. The Balaban J connectivity index is 2.20. The third-order valence-corrected chi connectivity index (χ3v) is 2.51. The zero-order valence-electron chi connectivity index (χ0n) is 7.06. The van der Waals surface area contributed by atoms with E-state index in [1.54, 1.807) is 0 Å². The summed E-state index contributed by atoms with van der Waals surface area (Å²) in [7, 11) is 0. The van der Waals surface area contributed by atoms with Gasteiger partial charge in [0.25, 0.3) is 0 Å². The second-order valence-electron chi connectivity index (χ2n) is 2.87. The van der Waals surface area contributed by atoms with Gasteiger partial charge in [-0.1, -0.05) is 6.92 Å². The molecule has 1 fully saturated rings. The highest BCUT2D eigenvalue weighted by Gasteiger charge is 2.27. The highest BCUT2D eigenvalue weighted by Crippen LogP contribution is 2.23. The number of hydrogen-bond donors (Lipinski definition) is 1. The van der Waals surface area contributed by atoms with Gasteiger partial charge in [-0.2, -0.15) is 4.21 Å². The molecule has 0 aromatic rings. The molecule has 0 spiro atoms. The van der Waals surface area contributed by atoms with Crippen LogP contribution < -0.4 is 0 Å². The standard InChI is InChI=1S/C7H14O4S/c1-2-6(5-11-12(8)9)7-3-4-10-7/h6-7H,2-5H2,1H3,(H,8,9). The number of hydrogen-bond acceptors (Lipinski definition) is 3. The first-order valence-corrected chi connectivity index (χ1v) is 5.13. The van der Waals surface area contributed by atoms with Gasteiger partial charge in [0.2, 0.25) is 0 Å². The lowest BCUT2D eigenvalue weighted by Gasteiger charge is -2.32. The second-order valence-corrected chi connectivity index (χ2v) is 3.54. The third kappa shape index (κ3) is 2.82. The molecule has 1 aliphatic heterocycles. The first kappa shape index (κ1) is 10.1. The van der Waals surface area contributed by atoms with E-state index >= 15 is 0 Å². The van der Waals surface area contributed by atoms with Crippen molar-refractivity contribution in [2.75, 3.05) is 13.2 Å². The van der Waals surface area contributed by atoms with Crippen LogP contribution in [0.2, 0.25) is 0 Å². The molecule has 0 aromatic heterocycles. The summed E-state index contributed by atoms with van der Waals surface area (Å²) in [4.78, 5) is 0. The van der Waals surface area contributed by atoms with Crippen LogP contribution in [-0.4, -0.2) is 28.1 Å². The SMILES string of the molecule is CCC(COS(=O)O)C1CCO1. The van der Waals surface area contributed by atoms with Gasteiger partial charge in [0, 0.05) is 12.5 Å². The van der Waals surface area contributed by atoms with E-state index in [1.165, 1.54) is 0 Å². The fourth-order valence-corrected chi connectivity index (χ4v) is 1.55. The first-order chi connectivity index (χ1) is 5.74. The predicted molar refractivity (Wildman–Crippen MR) is 44.9 cm³/mol. The maximum absolute atomic E-state index is 10.2. The monoisotopic (exact) mass is 194 g/mol. The molecular weight excluding hydrogens is 180 g/mol. The van der Waals surface area contributed by atoms with Gasteiger partial charge in [0.05, 0.1) is 12.7 Å². The van der Waals surface area contributed by atoms with Gasteiger partial charge in [-0.3, -0.25) is 8.74 Å². The van der Waals surface area contributed by atoms with Crippen LogP contribution in [0, 0.1) is 5.92 Å². The largest absolute Gasteiger partial charge is 0.378 e. The summed E-state index contributed by atoms with van der Waals surface area (Å²) in [6.45, 7) is 3.14. The van der Waals surface area contributed by atoms with Crippen molar-refractivity contribution in [3.8, 4) is 0 Å². The van der Waals surface area contributed by atoms with Gasteiger partial charge in [0.15, 0.2) is 0 Å². The molecule has 0 radical (unpaired) electrons. The van der Waals surface area contributed by atoms with Crippen molar-refractivity contribution in [1.29, 1.82) is 0 Å². The van der Waals surface area contributed by atoms with Crippen LogP contribution in [0.4, 0.5) is 0 Å². The zero-order chi connectivity index (χ0) is 8.97. The average Bonchev–Trinajstić information content (AvgIpc) is 1.93. The first-order valence-electron chi connectivity index (χ1n) is 4.09. The summed E-state index contributed by atoms with van der Waals surface area (Å²) in [5.41, 5.74) is 0. The Labute approximate surface area is 74.7 Å². The maximum atomic E-state index is 10.2. The summed E-state index contributed by atoms with van der Waals surface area (Å²) in [5, 5.41) is 0. The van der Waals surface area contributed by atoms with E-state index in [-0.39, 0.29) is 12.0 Å². The van der Waals surface area contributed by atoms with Crippen LogP contribution >= 0.6 is 0 Å². The minimum atomic E-state index is -2.14. The van der Waals surface area contributed by atoms with Gasteiger partial charge in [-0.25, -0.2) is 0 Å². The lowest BCUT2D eigenvalue weighted by Crippen LogP contribution is -2.36. The van der Waals surface area contributed by atoms with Crippen molar-refractivity contribution in [3.63, 3.8) is 0 Å². The molecular formula is C7H14O4S. The Morgan fingerprint density at radius 2 is 2.50 bits per heavy atom. The second kappa shape index (κ2) is 4.91. The molecule has 5 heteroatoms. The van der Waals surface area contributed by atoms with Crippen LogP contribution in [0.5, 0.6) is 0 Å². The fourth-order valence-electron chi connectivity index (χ4n) is 1.26. The van der Waals surface area contributed by atoms with E-state index in [2.05, 4.69) is 4.18 Å². The number of rotatable bonds is 5. The molecule has 72 valence electrons. The van der Waals surface area contributed by atoms with Gasteiger partial charge in [-0.15, -0.1) is 0 Å². The van der Waals surface area contributed by atoms with Crippen molar-refractivity contribution in [3.05, 3.63) is 0 Å². The summed E-state index contributed by atoms with van der Waals surface area (Å²) < 4.78 is 28.4. The summed E-state index contributed by atoms with van der Waals surface area (Å²) in [6.07, 6.45) is 2.19. The molecule has 0 aromatic carbocycles. The van der Waals surface area contributed by atoms with Gasteiger partial charge in [0.1, 0.15) is 0 Å². The van der Waals surface area contributed by atoms with Crippen LogP contribution in [0.1, 0.15) is 19.8 Å². The molecule has 3 atom stereocenters. The maximum Gasteiger partial charge on any atom is 0.301 e. The van der Waals surface area contributed by atoms with E-state index in [0.29, 0.717) is 6.61 Å². The van der Waals surface area contributed by atoms with Crippen molar-refractivity contribution in [1.82, 2.24) is 0 Å². The minimum Gasteiger partial charge on any atom is -0.378 e. The Kier molecular flexibility index (Phi) is 4.14. The van der Waals surface area contributed by atoms with Crippen molar-refractivity contribution < 1.29 is 17.7 Å². The van der Waals surface area contributed by atoms with E-state index in [1.807, 2.05) is 6.92 Å². The predicted octanol–water partition coefficient (Wildman–Crippen LogP) is 0.955. The van der Waals surface area contributed by atoms with E-state index in [0.717, 1.165) is 19.4 Å². The Bertz CT molecular complexity index is 157. The normalized spacial score (nSPS) is 27.7. The van der Waals surface area contributed by atoms with Crippen molar-refractivity contribution in [2.45, 2.75) is 25.9 Å². The summed E-state index contributed by atoms with van der Waals surface area (Å²) in [5.74, 6) is 0.259. The minimum absolute atomic E-state index is 0.235. The molecule has 12 heavy (non-hydrogen) atoms. The molecule has 0 amide bonds. The lowest BCUT2D eigenvalue weighted by molar-refractivity contribution is -0.0932. The van der Waals surface area contributed by atoms with E-state index < -0.39 is 11.4 Å². The summed E-state index contributed by atoms with van der Waals surface area (Å²) >= 11 is -2.14.